The molecule has 0 heterocycles. The van der Waals surface area contributed by atoms with Crippen molar-refractivity contribution in [3.8, 4) is 0 Å². The number of rotatable bonds is 5. The van der Waals surface area contributed by atoms with E-state index < -0.39 is 9.05 Å². The summed E-state index contributed by atoms with van der Waals surface area (Å²) in [6.45, 7) is 2.32. The van der Waals surface area contributed by atoms with Crippen molar-refractivity contribution in [2.75, 3.05) is 6.54 Å². The first-order valence-corrected chi connectivity index (χ1v) is 9.20. The molecule has 2 rings (SSSR count). The van der Waals surface area contributed by atoms with E-state index in [1.807, 2.05) is 0 Å². The third-order valence-corrected chi connectivity index (χ3v) is 4.95. The Hall–Kier alpha value is -1.33. The molecular formula is C15H18ClNO3S. The maximum atomic E-state index is 12.1. The molecular weight excluding hydrogens is 310 g/mol. The van der Waals surface area contributed by atoms with Crippen molar-refractivity contribution in [2.24, 2.45) is 0 Å². The fourth-order valence-corrected chi connectivity index (χ4v) is 3.17. The molecule has 1 amide bonds. The summed E-state index contributed by atoms with van der Waals surface area (Å²) >= 11 is 0. The van der Waals surface area contributed by atoms with Gasteiger partial charge in [0.2, 0.25) is 0 Å². The quantitative estimate of drug-likeness (QED) is 0.667. The Bertz CT molecular complexity index is 680. The number of hydrogen-bond donors (Lipinski definition) is 1. The molecule has 0 spiro atoms. The van der Waals surface area contributed by atoms with Crippen LogP contribution in [0.4, 0.5) is 0 Å². The fourth-order valence-electron chi connectivity index (χ4n) is 2.39. The normalized spacial score (nSPS) is 14.9. The minimum absolute atomic E-state index is 0.0570. The number of allylic oxidation sites excluding steroid dienone is 1. The number of carbonyl (C=O) groups excluding carboxylic acids is 1. The molecule has 114 valence electrons. The van der Waals surface area contributed by atoms with Crippen molar-refractivity contribution in [2.45, 2.75) is 37.5 Å². The molecule has 1 N–H and O–H groups in total. The lowest BCUT2D eigenvalue weighted by molar-refractivity contribution is 0.0953. The van der Waals surface area contributed by atoms with Crippen molar-refractivity contribution < 1.29 is 13.2 Å². The van der Waals surface area contributed by atoms with Gasteiger partial charge in [0, 0.05) is 22.8 Å². The average Bonchev–Trinajstić information content (AvgIpc) is 2.91. The van der Waals surface area contributed by atoms with Crippen molar-refractivity contribution in [3.63, 3.8) is 0 Å². The highest BCUT2D eigenvalue weighted by Gasteiger charge is 2.15. The predicted molar refractivity (Wildman–Crippen MR) is 83.1 cm³/mol. The maximum Gasteiger partial charge on any atom is 0.261 e. The van der Waals surface area contributed by atoms with Gasteiger partial charge < -0.3 is 5.32 Å². The molecule has 4 nitrogen and oxygen atoms in total. The minimum atomic E-state index is -3.83. The van der Waals surface area contributed by atoms with E-state index >= 15 is 0 Å². The molecule has 1 aromatic rings. The average molecular weight is 328 g/mol. The lowest BCUT2D eigenvalue weighted by atomic mass is 10.1. The third-order valence-electron chi connectivity index (χ3n) is 3.60. The lowest BCUT2D eigenvalue weighted by Gasteiger charge is -2.09. The van der Waals surface area contributed by atoms with Crippen LogP contribution in [0.1, 0.15) is 41.6 Å². The van der Waals surface area contributed by atoms with Gasteiger partial charge in [0.1, 0.15) is 0 Å². The van der Waals surface area contributed by atoms with Gasteiger partial charge in [-0.1, -0.05) is 17.7 Å². The van der Waals surface area contributed by atoms with Gasteiger partial charge in [0.05, 0.1) is 4.90 Å². The second-order valence-electron chi connectivity index (χ2n) is 5.18. The van der Waals surface area contributed by atoms with Crippen LogP contribution < -0.4 is 5.32 Å². The number of carbonyl (C=O) groups is 1. The van der Waals surface area contributed by atoms with Gasteiger partial charge >= 0.3 is 0 Å². The van der Waals surface area contributed by atoms with Crippen LogP contribution >= 0.6 is 10.7 Å². The van der Waals surface area contributed by atoms with Crippen LogP contribution in [0.2, 0.25) is 0 Å². The van der Waals surface area contributed by atoms with E-state index in [0.717, 1.165) is 24.8 Å². The van der Waals surface area contributed by atoms with E-state index in [-0.39, 0.29) is 10.8 Å². The van der Waals surface area contributed by atoms with Crippen molar-refractivity contribution in [3.05, 3.63) is 41.0 Å². The highest BCUT2D eigenvalue weighted by molar-refractivity contribution is 8.13. The van der Waals surface area contributed by atoms with Gasteiger partial charge in [-0.25, -0.2) is 8.42 Å². The first-order chi connectivity index (χ1) is 9.88. The van der Waals surface area contributed by atoms with Crippen LogP contribution in [0, 0.1) is 6.92 Å². The van der Waals surface area contributed by atoms with Crippen LogP contribution in [0.25, 0.3) is 0 Å². The topological polar surface area (TPSA) is 63.2 Å². The van der Waals surface area contributed by atoms with Gasteiger partial charge in [-0.3, -0.25) is 4.79 Å². The lowest BCUT2D eigenvalue weighted by Crippen LogP contribution is -2.25. The molecule has 0 atom stereocenters. The molecule has 1 aromatic carbocycles. The molecule has 1 aliphatic rings. The van der Waals surface area contributed by atoms with Crippen molar-refractivity contribution in [1.82, 2.24) is 5.32 Å². The van der Waals surface area contributed by atoms with Crippen molar-refractivity contribution >= 4 is 25.6 Å². The molecule has 0 fully saturated rings. The molecule has 0 unspecified atom stereocenters. The number of nitrogens with one attached hydrogen (secondary N) is 1. The monoisotopic (exact) mass is 327 g/mol. The molecule has 6 heteroatoms. The van der Waals surface area contributed by atoms with Crippen LogP contribution in [0.5, 0.6) is 0 Å². The molecule has 0 saturated heterocycles. The molecule has 0 radical (unpaired) electrons. The first-order valence-electron chi connectivity index (χ1n) is 6.89. The summed E-state index contributed by atoms with van der Waals surface area (Å²) in [5.41, 5.74) is 2.44. The SMILES string of the molecule is Cc1ccc(S(=O)(=O)Cl)cc1C(=O)NCCC1=CCCC1. The number of hydrogen-bond acceptors (Lipinski definition) is 3. The number of benzene rings is 1. The molecule has 0 aromatic heterocycles. The Kier molecular flexibility index (Phi) is 5.06. The minimum Gasteiger partial charge on any atom is -0.352 e. The molecule has 0 saturated carbocycles. The summed E-state index contributed by atoms with van der Waals surface area (Å²) in [6.07, 6.45) is 6.49. The van der Waals surface area contributed by atoms with Gasteiger partial charge in [-0.15, -0.1) is 0 Å². The fraction of sp³-hybridized carbons (Fsp3) is 0.400. The van der Waals surface area contributed by atoms with Crippen LogP contribution in [-0.4, -0.2) is 20.9 Å². The van der Waals surface area contributed by atoms with E-state index in [0.29, 0.717) is 12.1 Å². The zero-order valence-corrected chi connectivity index (χ0v) is 13.4. The third kappa shape index (κ3) is 4.32. The smallest absolute Gasteiger partial charge is 0.261 e. The summed E-state index contributed by atoms with van der Waals surface area (Å²) in [7, 11) is 1.48. The van der Waals surface area contributed by atoms with Crippen LogP contribution in [-0.2, 0) is 9.05 Å². The molecule has 1 aliphatic carbocycles. The molecule has 0 bridgehead atoms. The van der Waals surface area contributed by atoms with Gasteiger partial charge in [0.25, 0.3) is 15.0 Å². The number of halogens is 1. The Morgan fingerprint density at radius 1 is 1.38 bits per heavy atom. The van der Waals surface area contributed by atoms with E-state index in [1.165, 1.54) is 24.1 Å². The predicted octanol–water partition coefficient (Wildman–Crippen LogP) is 3.15. The number of aryl methyl sites for hydroxylation is 1. The Morgan fingerprint density at radius 3 is 2.76 bits per heavy atom. The summed E-state index contributed by atoms with van der Waals surface area (Å²) in [6, 6.07) is 4.31. The highest BCUT2D eigenvalue weighted by atomic mass is 35.7. The van der Waals surface area contributed by atoms with E-state index in [1.54, 1.807) is 13.0 Å². The second-order valence-corrected chi connectivity index (χ2v) is 7.74. The van der Waals surface area contributed by atoms with E-state index in [9.17, 15) is 13.2 Å². The molecule has 0 aliphatic heterocycles. The highest BCUT2D eigenvalue weighted by Crippen LogP contribution is 2.21. The van der Waals surface area contributed by atoms with Gasteiger partial charge in [-0.05, 0) is 50.3 Å². The summed E-state index contributed by atoms with van der Waals surface area (Å²) in [4.78, 5) is 12.1. The molecule has 21 heavy (non-hydrogen) atoms. The summed E-state index contributed by atoms with van der Waals surface area (Å²) < 4.78 is 22.7. The second kappa shape index (κ2) is 6.62. The zero-order valence-electron chi connectivity index (χ0n) is 11.9. The summed E-state index contributed by atoms with van der Waals surface area (Å²) in [5.74, 6) is -0.270. The van der Waals surface area contributed by atoms with Crippen molar-refractivity contribution in [1.29, 1.82) is 0 Å². The standard InChI is InChI=1S/C15H18ClNO3S/c1-11-6-7-13(21(16,19)20)10-14(11)15(18)17-9-8-12-4-2-3-5-12/h4,6-7,10H,2-3,5,8-9H2,1H3,(H,17,18). The largest absolute Gasteiger partial charge is 0.352 e. The zero-order chi connectivity index (χ0) is 15.5. The van der Waals surface area contributed by atoms with E-state index in [2.05, 4.69) is 11.4 Å². The Labute approximate surface area is 129 Å². The summed E-state index contributed by atoms with van der Waals surface area (Å²) in [5, 5.41) is 2.83. The van der Waals surface area contributed by atoms with Crippen LogP contribution in [0.15, 0.2) is 34.7 Å². The Balaban J connectivity index is 2.04. The first kappa shape index (κ1) is 16.0. The van der Waals surface area contributed by atoms with Gasteiger partial charge in [0.15, 0.2) is 0 Å². The van der Waals surface area contributed by atoms with Gasteiger partial charge in [-0.2, -0.15) is 0 Å². The Morgan fingerprint density at radius 2 is 2.14 bits per heavy atom. The maximum absolute atomic E-state index is 12.1. The van der Waals surface area contributed by atoms with E-state index in [4.69, 9.17) is 10.7 Å². The van der Waals surface area contributed by atoms with Crippen LogP contribution in [0.3, 0.4) is 0 Å². The number of amides is 1.